The monoisotopic (exact) mass is 596 g/mol. The van der Waals surface area contributed by atoms with Gasteiger partial charge in [0.25, 0.3) is 0 Å². The number of hydrogen-bond donors (Lipinski definition) is 0. The molecule has 2 heterocycles. The Labute approximate surface area is 265 Å². The van der Waals surface area contributed by atoms with Crippen LogP contribution in [0.5, 0.6) is 11.5 Å². The molecule has 7 aliphatic rings. The van der Waals surface area contributed by atoms with Gasteiger partial charge in [0.05, 0.1) is 11.1 Å². The molecule has 0 radical (unpaired) electrons. The van der Waals surface area contributed by atoms with E-state index in [0.717, 1.165) is 54.7 Å². The van der Waals surface area contributed by atoms with Crippen LogP contribution >= 0.6 is 0 Å². The largest absolute Gasteiger partial charge is 0.474 e. The highest BCUT2D eigenvalue weighted by atomic mass is 16.5. The second-order valence-corrected chi connectivity index (χ2v) is 15.3. The number of carbonyl (C=O) groups is 2. The van der Waals surface area contributed by atoms with Gasteiger partial charge in [-0.2, -0.15) is 0 Å². The maximum atomic E-state index is 13.3. The maximum Gasteiger partial charge on any atom is 0.214 e. The molecule has 0 N–H and O–H groups in total. The van der Waals surface area contributed by atoms with Gasteiger partial charge in [0, 0.05) is 18.3 Å². The van der Waals surface area contributed by atoms with Gasteiger partial charge < -0.3 is 9.47 Å². The molecule has 228 valence electrons. The molecular weight excluding hydrogens is 556 g/mol. The van der Waals surface area contributed by atoms with Crippen molar-refractivity contribution >= 4 is 11.6 Å². The first kappa shape index (κ1) is 27.4. The average Bonchev–Trinajstić information content (AvgIpc) is 3.49. The van der Waals surface area contributed by atoms with E-state index in [1.165, 1.54) is 41.5 Å². The number of carbonyl (C=O) groups excluding carboxylic acids is 2. The van der Waals surface area contributed by atoms with E-state index in [0.29, 0.717) is 5.92 Å². The Kier molecular flexibility index (Phi) is 5.40. The molecule has 0 amide bonds. The molecule has 4 heteroatoms. The van der Waals surface area contributed by atoms with Gasteiger partial charge in [0.2, 0.25) is 11.6 Å². The van der Waals surface area contributed by atoms with E-state index in [4.69, 9.17) is 9.47 Å². The van der Waals surface area contributed by atoms with E-state index in [9.17, 15) is 9.59 Å². The van der Waals surface area contributed by atoms with E-state index in [-0.39, 0.29) is 27.8 Å². The van der Waals surface area contributed by atoms with Crippen molar-refractivity contribution in [1.82, 2.24) is 0 Å². The summed E-state index contributed by atoms with van der Waals surface area (Å²) in [6.07, 6.45) is 13.1. The van der Waals surface area contributed by atoms with Crippen molar-refractivity contribution in [1.29, 1.82) is 0 Å². The van der Waals surface area contributed by atoms with Crippen LogP contribution < -0.4 is 9.47 Å². The van der Waals surface area contributed by atoms with Crippen molar-refractivity contribution in [3.63, 3.8) is 0 Å². The Hall–Kier alpha value is -3.92. The van der Waals surface area contributed by atoms with Gasteiger partial charge in [-0.05, 0) is 102 Å². The number of aryl methyl sites for hydroxylation is 1. The lowest BCUT2D eigenvalue weighted by Crippen LogP contribution is -2.66. The summed E-state index contributed by atoms with van der Waals surface area (Å²) in [4.78, 5) is 25.9. The minimum atomic E-state index is -0.725. The number of ketones is 2. The van der Waals surface area contributed by atoms with E-state index in [1.54, 1.807) is 0 Å². The number of hydrogen-bond acceptors (Lipinski definition) is 4. The molecule has 10 rings (SSSR count). The van der Waals surface area contributed by atoms with Crippen molar-refractivity contribution in [2.75, 3.05) is 0 Å². The van der Waals surface area contributed by atoms with Crippen molar-refractivity contribution in [3.05, 3.63) is 118 Å². The molecular formula is C41H40O4. The van der Waals surface area contributed by atoms with E-state index >= 15 is 0 Å². The molecule has 5 aliphatic carbocycles. The van der Waals surface area contributed by atoms with E-state index < -0.39 is 11.2 Å². The number of ether oxygens (including phenoxy) is 2. The van der Waals surface area contributed by atoms with Gasteiger partial charge in [0.15, 0.2) is 11.2 Å². The van der Waals surface area contributed by atoms with Crippen LogP contribution in [0.4, 0.5) is 0 Å². The Morgan fingerprint density at radius 1 is 0.689 bits per heavy atom. The number of rotatable bonds is 0. The molecule has 3 aromatic rings. The molecule has 0 unspecified atom stereocenters. The zero-order valence-electron chi connectivity index (χ0n) is 26.5. The molecule has 6 atom stereocenters. The van der Waals surface area contributed by atoms with Gasteiger partial charge in [-0.1, -0.05) is 81.5 Å². The third-order valence-electron chi connectivity index (χ3n) is 12.8. The standard InChI is InChI=1S/C25H24O2.C16H16O2/c1-23-14-13-21-24(2,20(23)12-11-16-7-3-5-9-18(16)23)15-25(21)22(26)17-8-4-6-10-19(17)27-25;1-15-9-5-4-8-13(15)16(10-15)14(17)11-6-2-3-7-12(11)18-16/h3-10,13,20H,11-12,14-15H2,1-2H3;2-3,6-8H,4-5,9-10H2,1H3/t20-,23-,24-,25-;15-,16+/m10/s1. The minimum Gasteiger partial charge on any atom is -0.474 e. The highest BCUT2D eigenvalue weighted by Gasteiger charge is 2.71. The Morgan fingerprint density at radius 2 is 1.31 bits per heavy atom. The van der Waals surface area contributed by atoms with Crippen molar-refractivity contribution in [2.24, 2.45) is 16.7 Å². The predicted octanol–water partition coefficient (Wildman–Crippen LogP) is 8.78. The van der Waals surface area contributed by atoms with Crippen LogP contribution in [0.15, 0.2) is 96.1 Å². The lowest BCUT2D eigenvalue weighted by molar-refractivity contribution is -0.0568. The molecule has 4 nitrogen and oxygen atoms in total. The van der Waals surface area contributed by atoms with Crippen LogP contribution in [0.3, 0.4) is 0 Å². The Balaban J connectivity index is 0.000000135. The summed E-state index contributed by atoms with van der Waals surface area (Å²) in [5, 5.41) is 0. The fraction of sp³-hybridized carbons (Fsp3) is 0.415. The highest BCUT2D eigenvalue weighted by molar-refractivity contribution is 6.11. The number of benzene rings is 3. The minimum absolute atomic E-state index is 0.0538. The Bertz CT molecular complexity index is 1880. The lowest BCUT2D eigenvalue weighted by Gasteiger charge is -2.64. The third-order valence-corrected chi connectivity index (χ3v) is 12.8. The van der Waals surface area contributed by atoms with Crippen LogP contribution in [0.2, 0.25) is 0 Å². The smallest absolute Gasteiger partial charge is 0.214 e. The molecule has 0 saturated heterocycles. The fourth-order valence-electron chi connectivity index (χ4n) is 10.9. The fourth-order valence-corrected chi connectivity index (χ4v) is 10.9. The second-order valence-electron chi connectivity index (χ2n) is 15.3. The number of fused-ring (bicyclic) bond motifs is 10. The van der Waals surface area contributed by atoms with Crippen LogP contribution in [0, 0.1) is 16.7 Å². The normalized spacial score (nSPS) is 37.4. The van der Waals surface area contributed by atoms with Crippen LogP contribution in [-0.4, -0.2) is 22.8 Å². The molecule has 45 heavy (non-hydrogen) atoms. The lowest BCUT2D eigenvalue weighted by atomic mass is 9.40. The Morgan fingerprint density at radius 3 is 1.98 bits per heavy atom. The van der Waals surface area contributed by atoms with Crippen LogP contribution in [-0.2, 0) is 11.8 Å². The van der Waals surface area contributed by atoms with Crippen LogP contribution in [0.1, 0.15) is 97.6 Å². The molecule has 3 aromatic carbocycles. The van der Waals surface area contributed by atoms with Gasteiger partial charge in [-0.3, -0.25) is 9.59 Å². The molecule has 2 fully saturated rings. The highest BCUT2D eigenvalue weighted by Crippen LogP contribution is 2.70. The quantitative estimate of drug-likeness (QED) is 0.244. The number of allylic oxidation sites excluding steroid dienone is 2. The molecule has 2 saturated carbocycles. The first-order valence-electron chi connectivity index (χ1n) is 16.8. The summed E-state index contributed by atoms with van der Waals surface area (Å²) < 4.78 is 12.4. The second kappa shape index (κ2) is 8.87. The van der Waals surface area contributed by atoms with Gasteiger partial charge in [-0.15, -0.1) is 0 Å². The maximum absolute atomic E-state index is 13.3. The average molecular weight is 597 g/mol. The first-order chi connectivity index (χ1) is 21.6. The summed E-state index contributed by atoms with van der Waals surface area (Å²) in [6, 6.07) is 24.3. The summed E-state index contributed by atoms with van der Waals surface area (Å²) in [7, 11) is 0. The summed E-state index contributed by atoms with van der Waals surface area (Å²) in [5.41, 5.74) is 6.06. The summed E-state index contributed by atoms with van der Waals surface area (Å²) in [5.74, 6) is 2.42. The third kappa shape index (κ3) is 3.33. The molecule has 0 bridgehead atoms. The molecule has 2 aliphatic heterocycles. The van der Waals surface area contributed by atoms with Crippen molar-refractivity contribution in [2.45, 2.75) is 88.8 Å². The topological polar surface area (TPSA) is 52.6 Å². The van der Waals surface area contributed by atoms with Gasteiger partial charge >= 0.3 is 0 Å². The molecule has 2 spiro atoms. The summed E-state index contributed by atoms with van der Waals surface area (Å²) in [6.45, 7) is 7.08. The molecule has 0 aromatic heterocycles. The van der Waals surface area contributed by atoms with E-state index in [2.05, 4.69) is 57.2 Å². The van der Waals surface area contributed by atoms with Crippen molar-refractivity contribution < 1.29 is 19.1 Å². The SMILES string of the molecule is C[C@@]12CCCC=C1[C@@]1(C2)Oc2ccccc2C1=O.C[C@]12C[C@@]3(Oc4ccccc4C3=O)C1=CC[C@]1(C)c3ccccc3CC[C@@H]21. The van der Waals surface area contributed by atoms with Gasteiger partial charge in [-0.25, -0.2) is 0 Å². The predicted molar refractivity (Wildman–Crippen MR) is 174 cm³/mol. The number of Topliss-reactive ketones (excluding diaryl/α,β-unsaturated/α-hetero) is 2. The number of para-hydroxylation sites is 2. The zero-order chi connectivity index (χ0) is 30.8. The van der Waals surface area contributed by atoms with E-state index in [1.807, 2.05) is 48.5 Å². The zero-order valence-corrected chi connectivity index (χ0v) is 26.5. The first-order valence-corrected chi connectivity index (χ1v) is 16.8. The van der Waals surface area contributed by atoms with Crippen LogP contribution in [0.25, 0.3) is 0 Å². The van der Waals surface area contributed by atoms with Gasteiger partial charge in [0.1, 0.15) is 11.5 Å². The van der Waals surface area contributed by atoms with Crippen molar-refractivity contribution in [3.8, 4) is 11.5 Å². The summed E-state index contributed by atoms with van der Waals surface area (Å²) >= 11 is 0.